The summed E-state index contributed by atoms with van der Waals surface area (Å²) in [6.07, 6.45) is 53.0. The van der Waals surface area contributed by atoms with Gasteiger partial charge in [-0.2, -0.15) is 8.42 Å². The molecule has 0 saturated carbocycles. The van der Waals surface area contributed by atoms with E-state index in [1.54, 1.807) is 0 Å². The highest BCUT2D eigenvalue weighted by Crippen LogP contribution is 2.26. The van der Waals surface area contributed by atoms with Gasteiger partial charge in [-0.1, -0.05) is 175 Å². The topological polar surface area (TPSA) is 178 Å². The Bertz CT molecular complexity index is 1550. The fraction of sp³-hybridized carbons (Fsp3) is 0.691. The molecule has 1 saturated heterocycles. The lowest BCUT2D eigenvalue weighted by Crippen LogP contribution is -2.60. The Hall–Kier alpha value is -2.98. The highest BCUT2D eigenvalue weighted by Gasteiger charge is 2.48. The van der Waals surface area contributed by atoms with Crippen LogP contribution in [0.5, 0.6) is 0 Å². The van der Waals surface area contributed by atoms with Crippen LogP contribution in [0.4, 0.5) is 0 Å². The van der Waals surface area contributed by atoms with Crippen molar-refractivity contribution in [2.45, 2.75) is 218 Å². The van der Waals surface area contributed by atoms with Crippen molar-refractivity contribution in [2.24, 2.45) is 0 Å². The van der Waals surface area contributed by atoms with Gasteiger partial charge in [-0.05, 0) is 96.3 Å². The Balaban J connectivity index is 2.40. The van der Waals surface area contributed by atoms with Crippen molar-refractivity contribution >= 4 is 16.4 Å². The predicted molar refractivity (Wildman–Crippen MR) is 275 cm³/mol. The Morgan fingerprint density at radius 3 is 1.49 bits per heavy atom. The van der Waals surface area contributed by atoms with Crippen LogP contribution in [0, 0.1) is 0 Å². The largest absolute Gasteiger partial charge is 0.457 e. The van der Waals surface area contributed by atoms with Gasteiger partial charge >= 0.3 is 16.4 Å². The van der Waals surface area contributed by atoms with Crippen LogP contribution in [0.1, 0.15) is 181 Å². The van der Waals surface area contributed by atoms with Crippen LogP contribution in [0.3, 0.4) is 0 Å². The molecule has 1 heterocycles. The van der Waals surface area contributed by atoms with E-state index in [0.29, 0.717) is 13.0 Å². The molecule has 6 unspecified atom stereocenters. The second kappa shape index (κ2) is 45.2. The Labute approximate surface area is 412 Å². The summed E-state index contributed by atoms with van der Waals surface area (Å²) in [7, 11) is -5.08. The van der Waals surface area contributed by atoms with Crippen LogP contribution in [0.25, 0.3) is 0 Å². The molecule has 6 atom stereocenters. The number of allylic oxidation sites excluding steroid dienone is 16. The van der Waals surface area contributed by atoms with E-state index in [2.05, 4.69) is 115 Å². The Morgan fingerprint density at radius 2 is 1.01 bits per heavy atom. The first-order valence-corrected chi connectivity index (χ1v) is 27.4. The van der Waals surface area contributed by atoms with Crippen molar-refractivity contribution in [1.29, 1.82) is 0 Å². The summed E-state index contributed by atoms with van der Waals surface area (Å²) >= 11 is 0. The number of hydrogen-bond donors (Lipinski definition) is 4. The van der Waals surface area contributed by atoms with E-state index in [4.69, 9.17) is 18.9 Å². The zero-order chi connectivity index (χ0) is 49.6. The van der Waals surface area contributed by atoms with Crippen LogP contribution >= 0.6 is 0 Å². The summed E-state index contributed by atoms with van der Waals surface area (Å²) in [6, 6.07) is 0. The summed E-state index contributed by atoms with van der Waals surface area (Å²) in [5, 5.41) is 30.8. The lowest BCUT2D eigenvalue weighted by atomic mass is 9.99. The fourth-order valence-electron chi connectivity index (χ4n) is 7.29. The number of unbranched alkanes of at least 4 members (excludes halogenated alkanes) is 15. The Morgan fingerprint density at radius 1 is 0.574 bits per heavy atom. The molecule has 68 heavy (non-hydrogen) atoms. The number of aliphatic hydroxyl groups excluding tert-OH is 3. The molecule has 1 rings (SSSR count). The second-order valence-corrected chi connectivity index (χ2v) is 18.4. The third-order valence-corrected chi connectivity index (χ3v) is 11.7. The van der Waals surface area contributed by atoms with Crippen molar-refractivity contribution in [3.8, 4) is 0 Å². The first kappa shape index (κ1) is 63.0. The van der Waals surface area contributed by atoms with Gasteiger partial charge in [0, 0.05) is 13.0 Å². The molecule has 0 aliphatic carbocycles. The summed E-state index contributed by atoms with van der Waals surface area (Å²) in [5.41, 5.74) is 0. The number of ether oxygens (including phenoxy) is 4. The van der Waals surface area contributed by atoms with Gasteiger partial charge in [0.25, 0.3) is 0 Å². The van der Waals surface area contributed by atoms with Crippen LogP contribution in [0.2, 0.25) is 0 Å². The number of esters is 1. The minimum atomic E-state index is -5.08. The molecule has 0 aromatic rings. The summed E-state index contributed by atoms with van der Waals surface area (Å²) in [5.74, 6) is -0.425. The maximum Gasteiger partial charge on any atom is 0.397 e. The lowest BCUT2D eigenvalue weighted by Gasteiger charge is -2.41. The van der Waals surface area contributed by atoms with E-state index >= 15 is 0 Å². The maximum atomic E-state index is 12.9. The first-order valence-electron chi connectivity index (χ1n) is 26.0. The van der Waals surface area contributed by atoms with E-state index in [0.717, 1.165) is 89.9 Å². The standard InChI is InChI=1S/C55H92O12S/c1-3-5-7-9-11-13-15-17-19-21-23-24-25-26-27-28-30-32-34-36-38-40-42-44-51(57)65-49(48-64-55-53(59)54(67-68(60,61)62)52(58)50(46-56)66-55)47-63-45-43-41-39-37-35-33-31-29-22-20-18-16-14-12-10-8-6-4-2/h6,8,12,14-15,17-18,20-21,23,25-26,29,31,35,37,49-50,52-56,58-59H,3-5,7,9-11,13,16,19,22,24,27-28,30,32-34,36,38-48H2,1-2H3,(H,60,61,62)/b8-6-,14-12-,17-15-,20-18-,23-21-,26-25-,31-29-,37-35-. The first-order chi connectivity index (χ1) is 33.1. The van der Waals surface area contributed by atoms with Gasteiger partial charge < -0.3 is 34.3 Å². The van der Waals surface area contributed by atoms with Gasteiger partial charge in [0.1, 0.15) is 30.5 Å². The highest BCUT2D eigenvalue weighted by atomic mass is 32.3. The zero-order valence-electron chi connectivity index (χ0n) is 41.9. The second-order valence-electron chi connectivity index (χ2n) is 17.4. The average molecular weight is 977 g/mol. The molecule has 12 nitrogen and oxygen atoms in total. The highest BCUT2D eigenvalue weighted by molar-refractivity contribution is 7.80. The number of aliphatic hydroxyl groups is 3. The van der Waals surface area contributed by atoms with Gasteiger partial charge in [0.05, 0.1) is 19.8 Å². The SMILES string of the molecule is CC/C=C\C/C=C\C/C=C\C/C=C\C/C=C\CCCCOCC(COC1OC(CO)C(O)C(OS(=O)(=O)O)C1O)OC(=O)CCCCCCCCCC/C=C\C/C=C\C/C=C\CCCCCCC. The van der Waals surface area contributed by atoms with E-state index in [-0.39, 0.29) is 19.6 Å². The van der Waals surface area contributed by atoms with E-state index in [1.165, 1.54) is 64.2 Å². The summed E-state index contributed by atoms with van der Waals surface area (Å²) in [6.45, 7) is 3.74. The number of rotatable bonds is 44. The molecule has 4 N–H and O–H groups in total. The molecular weight excluding hydrogens is 885 g/mol. The van der Waals surface area contributed by atoms with Crippen molar-refractivity contribution in [1.82, 2.24) is 0 Å². The van der Waals surface area contributed by atoms with Gasteiger partial charge in [-0.25, -0.2) is 4.18 Å². The van der Waals surface area contributed by atoms with Gasteiger partial charge in [0.2, 0.25) is 0 Å². The van der Waals surface area contributed by atoms with Gasteiger partial charge in [-0.3, -0.25) is 9.35 Å². The molecular formula is C55H92O12S. The minimum absolute atomic E-state index is 0.00270. The fourth-order valence-corrected chi connectivity index (χ4v) is 7.80. The van der Waals surface area contributed by atoms with E-state index < -0.39 is 59.8 Å². The predicted octanol–water partition coefficient (Wildman–Crippen LogP) is 12.2. The molecule has 0 aromatic carbocycles. The van der Waals surface area contributed by atoms with E-state index in [1.807, 2.05) is 0 Å². The monoisotopic (exact) mass is 977 g/mol. The third kappa shape index (κ3) is 37.9. The summed E-state index contributed by atoms with van der Waals surface area (Å²) in [4.78, 5) is 12.9. The normalized spacial score (nSPS) is 20.1. The molecule has 13 heteroatoms. The van der Waals surface area contributed by atoms with Crippen molar-refractivity contribution in [2.75, 3.05) is 26.4 Å². The minimum Gasteiger partial charge on any atom is -0.457 e. The van der Waals surface area contributed by atoms with Crippen molar-refractivity contribution in [3.05, 3.63) is 97.2 Å². The Kier molecular flexibility index (Phi) is 41.9. The van der Waals surface area contributed by atoms with Crippen LogP contribution < -0.4 is 0 Å². The van der Waals surface area contributed by atoms with Crippen LogP contribution in [-0.2, 0) is 38.3 Å². The van der Waals surface area contributed by atoms with Crippen molar-refractivity contribution in [3.63, 3.8) is 0 Å². The number of hydrogen-bond acceptors (Lipinski definition) is 11. The molecule has 0 amide bonds. The summed E-state index contributed by atoms with van der Waals surface area (Å²) < 4.78 is 59.2. The average Bonchev–Trinajstić information content (AvgIpc) is 3.31. The molecule has 1 fully saturated rings. The smallest absolute Gasteiger partial charge is 0.397 e. The molecule has 0 aromatic heterocycles. The maximum absolute atomic E-state index is 12.9. The lowest BCUT2D eigenvalue weighted by molar-refractivity contribution is -0.301. The molecule has 0 bridgehead atoms. The third-order valence-electron chi connectivity index (χ3n) is 11.2. The van der Waals surface area contributed by atoms with Crippen LogP contribution in [-0.4, -0.2) is 97.5 Å². The number of carbonyl (C=O) groups excluding carboxylic acids is 1. The quantitative estimate of drug-likeness (QED) is 0.0197. The number of carbonyl (C=O) groups is 1. The molecule has 0 spiro atoms. The van der Waals surface area contributed by atoms with Crippen molar-refractivity contribution < 1.29 is 56.2 Å². The van der Waals surface area contributed by atoms with Gasteiger partial charge in [-0.15, -0.1) is 0 Å². The van der Waals surface area contributed by atoms with Gasteiger partial charge in [0.15, 0.2) is 6.29 Å². The molecule has 1 aliphatic rings. The van der Waals surface area contributed by atoms with Crippen LogP contribution in [0.15, 0.2) is 97.2 Å². The molecule has 1 aliphatic heterocycles. The van der Waals surface area contributed by atoms with E-state index in [9.17, 15) is 33.1 Å². The zero-order valence-corrected chi connectivity index (χ0v) is 42.7. The molecule has 390 valence electrons. The molecule has 0 radical (unpaired) electrons.